The highest BCUT2D eigenvalue weighted by Crippen LogP contribution is 2.41. The van der Waals surface area contributed by atoms with Crippen LogP contribution in [0.1, 0.15) is 5.56 Å². The molecule has 3 atom stereocenters. The number of amides is 3. The molecular formula is C56H42F3N9O10S3. The van der Waals surface area contributed by atoms with Crippen molar-refractivity contribution in [3.8, 4) is 61.9 Å². The van der Waals surface area contributed by atoms with Crippen LogP contribution in [0.2, 0.25) is 0 Å². The van der Waals surface area contributed by atoms with Crippen molar-refractivity contribution in [1.82, 2.24) is 28.7 Å². The molecule has 3 fully saturated rings. The molecule has 3 aromatic heterocycles. The normalized spacial score (nSPS) is 16.5. The number of phenolic OH excluding ortho intramolecular Hbond substituents is 3. The summed E-state index contributed by atoms with van der Waals surface area (Å²) in [5, 5.41) is 31.1. The van der Waals surface area contributed by atoms with E-state index in [-0.39, 0.29) is 64.7 Å². The molecular weight excluding hydrogens is 1110 g/mol. The molecule has 3 unspecified atom stereocenters. The van der Waals surface area contributed by atoms with Crippen LogP contribution >= 0.6 is 0 Å². The Labute approximate surface area is 465 Å². The van der Waals surface area contributed by atoms with Gasteiger partial charge in [-0.25, -0.2) is 25.8 Å². The SMILES string of the molecule is O=C1CN(c2c(O)ccc(-c3ccc(-c4ccccc4)nc3)c2F)S(=O)N1.O=C1CN(c2c(O)ccc(-c3ccc(=O)n(Cc4ccccc4)c3)c2F)S(=O)N1.O=C1CN(c2c(O)ccc(-c3ccc4cccnc4c3)c2F)S(=O)N1. The van der Waals surface area contributed by atoms with E-state index in [2.05, 4.69) is 24.1 Å². The molecule has 25 heteroatoms. The zero-order valence-corrected chi connectivity index (χ0v) is 44.2. The number of hydrogen-bond donors (Lipinski definition) is 6. The van der Waals surface area contributed by atoms with Gasteiger partial charge in [-0.15, -0.1) is 0 Å². The first-order valence-electron chi connectivity index (χ1n) is 24.2. The maximum atomic E-state index is 15.3. The lowest BCUT2D eigenvalue weighted by molar-refractivity contribution is -0.118. The molecule has 410 valence electrons. The third kappa shape index (κ3) is 11.6. The number of pyridine rings is 3. The number of carbonyl (C=O) groups excluding carboxylic acids is 3. The summed E-state index contributed by atoms with van der Waals surface area (Å²) in [4.78, 5) is 55.2. The van der Waals surface area contributed by atoms with Crippen molar-refractivity contribution in [2.24, 2.45) is 0 Å². The van der Waals surface area contributed by atoms with Crippen LogP contribution in [0.25, 0.3) is 55.5 Å². The van der Waals surface area contributed by atoms with E-state index in [4.69, 9.17) is 0 Å². The molecule has 0 radical (unpaired) electrons. The Bertz CT molecular complexity index is 4090. The summed E-state index contributed by atoms with van der Waals surface area (Å²) >= 11 is -5.85. The predicted molar refractivity (Wildman–Crippen MR) is 300 cm³/mol. The fourth-order valence-corrected chi connectivity index (χ4v) is 11.6. The fraction of sp³-hybridized carbons (Fsp3) is 0.0714. The van der Waals surface area contributed by atoms with Crippen molar-refractivity contribution in [3.63, 3.8) is 0 Å². The molecule has 12 rings (SSSR count). The summed E-state index contributed by atoms with van der Waals surface area (Å²) in [5.74, 6) is -5.12. The molecule has 19 nitrogen and oxygen atoms in total. The van der Waals surface area contributed by atoms with Gasteiger partial charge in [0.15, 0.2) is 17.5 Å². The van der Waals surface area contributed by atoms with Crippen molar-refractivity contribution in [3.05, 3.63) is 204 Å². The van der Waals surface area contributed by atoms with Gasteiger partial charge < -0.3 is 19.9 Å². The summed E-state index contributed by atoms with van der Waals surface area (Å²) in [7, 11) is 0. The number of halogens is 3. The Morgan fingerprint density at radius 3 is 1.43 bits per heavy atom. The van der Waals surface area contributed by atoms with E-state index in [1.165, 1.54) is 65.5 Å². The second-order valence-electron chi connectivity index (χ2n) is 17.9. The third-order valence-electron chi connectivity index (χ3n) is 12.6. The van der Waals surface area contributed by atoms with Crippen LogP contribution in [0.5, 0.6) is 17.2 Å². The van der Waals surface area contributed by atoms with Crippen LogP contribution in [0.4, 0.5) is 30.2 Å². The van der Waals surface area contributed by atoms with Crippen LogP contribution in [0, 0.1) is 17.5 Å². The average molecular weight is 1150 g/mol. The number of aromatic hydroxyl groups is 3. The van der Waals surface area contributed by atoms with E-state index in [1.807, 2.05) is 78.9 Å². The lowest BCUT2D eigenvalue weighted by Gasteiger charge is -2.18. The number of nitrogens with one attached hydrogen (secondary N) is 3. The first-order chi connectivity index (χ1) is 39.0. The minimum absolute atomic E-state index is 0.107. The third-order valence-corrected chi connectivity index (χ3v) is 16.0. The highest BCUT2D eigenvalue weighted by atomic mass is 32.2. The van der Waals surface area contributed by atoms with Gasteiger partial charge in [-0.05, 0) is 71.8 Å². The minimum atomic E-state index is -1.98. The Balaban J connectivity index is 0.000000137. The maximum Gasteiger partial charge on any atom is 0.253 e. The second-order valence-corrected chi connectivity index (χ2v) is 21.3. The Kier molecular flexibility index (Phi) is 15.7. The summed E-state index contributed by atoms with van der Waals surface area (Å²) in [6, 6.07) is 42.4. The number of fused-ring (bicyclic) bond motifs is 1. The minimum Gasteiger partial charge on any atom is -0.506 e. The molecule has 9 aromatic rings. The van der Waals surface area contributed by atoms with Crippen molar-refractivity contribution >= 4 is 79.2 Å². The number of aromatic nitrogens is 3. The van der Waals surface area contributed by atoms with Crippen LogP contribution in [0.15, 0.2) is 175 Å². The molecule has 0 spiro atoms. The molecule has 3 aliphatic heterocycles. The van der Waals surface area contributed by atoms with Crippen LogP contribution in [-0.4, -0.2) is 79.8 Å². The first kappa shape index (κ1) is 54.6. The van der Waals surface area contributed by atoms with Crippen LogP contribution in [0.3, 0.4) is 0 Å². The number of benzene rings is 6. The Hall–Kier alpha value is -9.72. The van der Waals surface area contributed by atoms with Crippen LogP contribution < -0.4 is 32.6 Å². The summed E-state index contributed by atoms with van der Waals surface area (Å²) in [5.41, 5.74) is 4.15. The maximum absolute atomic E-state index is 15.3. The first-order valence-corrected chi connectivity index (χ1v) is 27.5. The number of phenols is 3. The standard InChI is InChI=1S/C20H16FN3O4S.C19H14FN3O3S.C17H12FN3O3S/c21-19-15(7-8-16(25)20(19)24-12-17(26)22-29(24)28)14-6-9-18(27)23(11-14)10-13-4-2-1-3-5-13;20-18-14(7-9-16(24)19(18)23-11-17(25)22-27(23)26)13-6-8-15(21-10-13)12-4-2-1-3-5-12;18-16-12(11-4-3-10-2-1-7-19-13(10)8-11)5-6-14(22)17(16)21-9-15(23)20-25(21)24/h1-9,11,25H,10,12H2,(H,22,26);1-10,24H,11H2,(H,22,25);1-8,22H,9H2,(H,20,23). The van der Waals surface area contributed by atoms with Gasteiger partial charge in [0.1, 0.15) is 53.9 Å². The van der Waals surface area contributed by atoms with E-state index in [0.29, 0.717) is 28.8 Å². The lowest BCUT2D eigenvalue weighted by atomic mass is 10.0. The van der Waals surface area contributed by atoms with Gasteiger partial charge in [0.05, 0.1) is 17.8 Å². The average Bonchev–Trinajstić information content (AvgIpc) is 4.18. The van der Waals surface area contributed by atoms with Gasteiger partial charge in [0.2, 0.25) is 33.5 Å². The van der Waals surface area contributed by atoms with Crippen molar-refractivity contribution in [2.75, 3.05) is 32.5 Å². The zero-order valence-electron chi connectivity index (χ0n) is 41.7. The lowest BCUT2D eigenvalue weighted by Crippen LogP contribution is -2.24. The molecule has 0 bridgehead atoms. The van der Waals surface area contributed by atoms with Crippen molar-refractivity contribution in [2.45, 2.75) is 6.54 Å². The number of rotatable bonds is 9. The largest absolute Gasteiger partial charge is 0.506 e. The second kappa shape index (κ2) is 23.3. The fourth-order valence-electron chi connectivity index (χ4n) is 8.81. The molecule has 3 amide bonds. The zero-order chi connectivity index (χ0) is 57.1. The summed E-state index contributed by atoms with van der Waals surface area (Å²) in [6.45, 7) is -0.617. The topological polar surface area (TPSA) is 257 Å². The molecule has 0 aliphatic carbocycles. The summed E-state index contributed by atoms with van der Waals surface area (Å²) in [6.07, 6.45) is 4.71. The monoisotopic (exact) mass is 1150 g/mol. The smallest absolute Gasteiger partial charge is 0.253 e. The predicted octanol–water partition coefficient (Wildman–Crippen LogP) is 6.96. The van der Waals surface area contributed by atoms with Crippen LogP contribution in [-0.2, 0) is 54.4 Å². The van der Waals surface area contributed by atoms with E-state index < -0.39 is 80.2 Å². The highest BCUT2D eigenvalue weighted by molar-refractivity contribution is 7.86. The molecule has 6 heterocycles. The van der Waals surface area contributed by atoms with Gasteiger partial charge in [-0.2, -0.15) is 0 Å². The molecule has 0 saturated carbocycles. The van der Waals surface area contributed by atoms with E-state index in [0.717, 1.165) is 35.1 Å². The number of anilines is 3. The number of nitrogens with zero attached hydrogens (tertiary/aromatic N) is 6. The molecule has 6 aromatic carbocycles. The Morgan fingerprint density at radius 1 is 0.481 bits per heavy atom. The Morgan fingerprint density at radius 2 is 0.951 bits per heavy atom. The molecule has 3 aliphatic rings. The molecule has 6 N–H and O–H groups in total. The molecule has 3 saturated heterocycles. The van der Waals surface area contributed by atoms with E-state index >= 15 is 13.2 Å². The van der Waals surface area contributed by atoms with Gasteiger partial charge in [0, 0.05) is 63.4 Å². The van der Waals surface area contributed by atoms with E-state index in [9.17, 15) is 47.1 Å². The van der Waals surface area contributed by atoms with Gasteiger partial charge in [0.25, 0.3) is 23.3 Å². The highest BCUT2D eigenvalue weighted by Gasteiger charge is 2.35. The van der Waals surface area contributed by atoms with Gasteiger partial charge in [-0.1, -0.05) is 84.9 Å². The van der Waals surface area contributed by atoms with Crippen molar-refractivity contribution < 1.29 is 55.5 Å². The van der Waals surface area contributed by atoms with Gasteiger partial charge in [-0.3, -0.25) is 56.2 Å². The molecule has 81 heavy (non-hydrogen) atoms. The number of hydrogen-bond acceptors (Lipinski definition) is 12. The summed E-state index contributed by atoms with van der Waals surface area (Å²) < 4.78 is 92.2. The number of carbonyl (C=O) groups is 3. The van der Waals surface area contributed by atoms with E-state index in [1.54, 1.807) is 30.5 Å². The van der Waals surface area contributed by atoms with Crippen molar-refractivity contribution in [1.29, 1.82) is 0 Å². The quantitative estimate of drug-likeness (QED) is 0.0858. The van der Waals surface area contributed by atoms with Gasteiger partial charge >= 0.3 is 0 Å².